The summed E-state index contributed by atoms with van der Waals surface area (Å²) in [6.45, 7) is 6.76. The molecule has 0 aliphatic rings. The molecule has 5 heteroatoms. The topological polar surface area (TPSA) is 62.0 Å². The Kier molecular flexibility index (Phi) is 6.79. The molecule has 4 nitrogen and oxygen atoms in total. The van der Waals surface area contributed by atoms with Crippen LogP contribution in [0.15, 0.2) is 10.9 Å². The quantitative estimate of drug-likeness (QED) is 0.812. The van der Waals surface area contributed by atoms with Crippen LogP contribution in [0.4, 0.5) is 0 Å². The number of carbonyl (C=O) groups excluding carboxylic acids is 1. The zero-order valence-corrected chi connectivity index (χ0v) is 13.1. The first kappa shape index (κ1) is 16.8. The van der Waals surface area contributed by atoms with Gasteiger partial charge in [0.15, 0.2) is 0 Å². The van der Waals surface area contributed by atoms with Crippen LogP contribution in [-0.4, -0.2) is 17.4 Å². The van der Waals surface area contributed by atoms with Crippen LogP contribution < -0.4 is 10.9 Å². The van der Waals surface area contributed by atoms with Gasteiger partial charge in [-0.3, -0.25) is 9.59 Å². The molecule has 0 saturated heterocycles. The molecule has 20 heavy (non-hydrogen) atoms. The van der Waals surface area contributed by atoms with Gasteiger partial charge in [0.05, 0.1) is 5.02 Å². The van der Waals surface area contributed by atoms with Crippen LogP contribution in [0.5, 0.6) is 0 Å². The van der Waals surface area contributed by atoms with Crippen molar-refractivity contribution in [3.8, 4) is 0 Å². The number of carbonyl (C=O) groups is 1. The van der Waals surface area contributed by atoms with Gasteiger partial charge >= 0.3 is 0 Å². The maximum atomic E-state index is 12.0. The molecule has 0 fully saturated rings. The maximum absolute atomic E-state index is 12.0. The van der Waals surface area contributed by atoms with Crippen molar-refractivity contribution < 1.29 is 4.79 Å². The molecule has 112 valence electrons. The van der Waals surface area contributed by atoms with Gasteiger partial charge in [0.2, 0.25) is 0 Å². The molecule has 0 aromatic carbocycles. The van der Waals surface area contributed by atoms with E-state index in [4.69, 9.17) is 11.6 Å². The summed E-state index contributed by atoms with van der Waals surface area (Å²) < 4.78 is 0. The summed E-state index contributed by atoms with van der Waals surface area (Å²) >= 11 is 6.09. The number of H-pyrrole nitrogens is 1. The average molecular weight is 299 g/mol. The van der Waals surface area contributed by atoms with E-state index >= 15 is 0 Å². The van der Waals surface area contributed by atoms with Crippen molar-refractivity contribution in [2.45, 2.75) is 46.5 Å². The van der Waals surface area contributed by atoms with Gasteiger partial charge in [-0.05, 0) is 18.4 Å². The summed E-state index contributed by atoms with van der Waals surface area (Å²) in [5.74, 6) is 0.0796. The summed E-state index contributed by atoms with van der Waals surface area (Å²) in [5, 5.41) is 3.25. The standard InChI is InChI=1S/C15H23ClN2O2/c1-4-7-13-12(16)8-11(15(20)18-13)14(19)17-9-10(5-2)6-3/h8,10H,4-7,9H2,1-3H3,(H,17,19)(H,18,20). The average Bonchev–Trinajstić information content (AvgIpc) is 2.43. The highest BCUT2D eigenvalue weighted by Crippen LogP contribution is 2.14. The highest BCUT2D eigenvalue weighted by molar-refractivity contribution is 6.31. The zero-order chi connectivity index (χ0) is 15.1. The van der Waals surface area contributed by atoms with Crippen molar-refractivity contribution in [1.82, 2.24) is 10.3 Å². The summed E-state index contributed by atoms with van der Waals surface area (Å²) in [7, 11) is 0. The Morgan fingerprint density at radius 2 is 2.00 bits per heavy atom. The molecular formula is C15H23ClN2O2. The normalized spacial score (nSPS) is 10.8. The van der Waals surface area contributed by atoms with E-state index in [0.717, 1.165) is 19.3 Å². The molecule has 1 aromatic rings. The van der Waals surface area contributed by atoms with Gasteiger partial charge in [0, 0.05) is 12.2 Å². The van der Waals surface area contributed by atoms with Crippen molar-refractivity contribution in [2.75, 3.05) is 6.54 Å². The largest absolute Gasteiger partial charge is 0.352 e. The molecule has 1 heterocycles. The third kappa shape index (κ3) is 4.37. The number of aryl methyl sites for hydroxylation is 1. The highest BCUT2D eigenvalue weighted by atomic mass is 35.5. The van der Waals surface area contributed by atoms with Crippen LogP contribution in [0.1, 0.15) is 56.1 Å². The van der Waals surface area contributed by atoms with E-state index in [1.165, 1.54) is 6.07 Å². The fourth-order valence-electron chi connectivity index (χ4n) is 2.05. The minimum absolute atomic E-state index is 0.0841. The lowest BCUT2D eigenvalue weighted by atomic mass is 10.0. The Morgan fingerprint density at radius 1 is 1.35 bits per heavy atom. The lowest BCUT2D eigenvalue weighted by molar-refractivity contribution is 0.0945. The molecule has 0 atom stereocenters. The van der Waals surface area contributed by atoms with Crippen molar-refractivity contribution in [3.63, 3.8) is 0 Å². The molecule has 0 aliphatic heterocycles. The Balaban J connectivity index is 2.83. The first-order valence-corrected chi connectivity index (χ1v) is 7.61. The van der Waals surface area contributed by atoms with Crippen LogP contribution in [0.25, 0.3) is 0 Å². The second-order valence-electron chi connectivity index (χ2n) is 4.98. The van der Waals surface area contributed by atoms with Gasteiger partial charge < -0.3 is 10.3 Å². The van der Waals surface area contributed by atoms with E-state index in [9.17, 15) is 9.59 Å². The van der Waals surface area contributed by atoms with Gasteiger partial charge in [0.1, 0.15) is 5.56 Å². The number of hydrogen-bond donors (Lipinski definition) is 2. The number of rotatable bonds is 7. The number of halogens is 1. The minimum Gasteiger partial charge on any atom is -0.352 e. The van der Waals surface area contributed by atoms with Gasteiger partial charge in [-0.2, -0.15) is 0 Å². The zero-order valence-electron chi connectivity index (χ0n) is 12.4. The maximum Gasteiger partial charge on any atom is 0.261 e. The molecular weight excluding hydrogens is 276 g/mol. The molecule has 1 rings (SSSR count). The first-order chi connectivity index (χ1) is 9.53. The third-order valence-electron chi connectivity index (χ3n) is 3.52. The molecule has 0 saturated carbocycles. The molecule has 0 bridgehead atoms. The van der Waals surface area contributed by atoms with Gasteiger partial charge in [-0.15, -0.1) is 0 Å². The predicted octanol–water partition coefficient (Wildman–Crippen LogP) is 3.15. The van der Waals surface area contributed by atoms with Crippen molar-refractivity contribution in [2.24, 2.45) is 5.92 Å². The molecule has 0 aliphatic carbocycles. The number of pyridine rings is 1. The van der Waals surface area contributed by atoms with Crippen LogP contribution >= 0.6 is 11.6 Å². The monoisotopic (exact) mass is 298 g/mol. The summed E-state index contributed by atoms with van der Waals surface area (Å²) in [6.07, 6.45) is 3.59. The summed E-state index contributed by atoms with van der Waals surface area (Å²) in [4.78, 5) is 26.6. The molecule has 0 radical (unpaired) electrons. The van der Waals surface area contributed by atoms with Crippen LogP contribution in [0, 0.1) is 5.92 Å². The fraction of sp³-hybridized carbons (Fsp3) is 0.600. The summed E-state index contributed by atoms with van der Waals surface area (Å²) in [6, 6.07) is 1.47. The Morgan fingerprint density at radius 3 is 2.55 bits per heavy atom. The lowest BCUT2D eigenvalue weighted by Crippen LogP contribution is -2.33. The second kappa shape index (κ2) is 8.10. The van der Waals surface area contributed by atoms with Crippen LogP contribution in [0.2, 0.25) is 5.02 Å². The molecule has 1 amide bonds. The van der Waals surface area contributed by atoms with E-state index in [2.05, 4.69) is 24.1 Å². The SMILES string of the molecule is CCCc1[nH]c(=O)c(C(=O)NCC(CC)CC)cc1Cl. The lowest BCUT2D eigenvalue weighted by Gasteiger charge is -2.13. The third-order valence-corrected chi connectivity index (χ3v) is 3.86. The Bertz CT molecular complexity index is 507. The van der Waals surface area contributed by atoms with Crippen LogP contribution in [0.3, 0.4) is 0 Å². The van der Waals surface area contributed by atoms with E-state index in [1.54, 1.807) is 0 Å². The number of aromatic nitrogens is 1. The number of amides is 1. The number of aromatic amines is 1. The summed E-state index contributed by atoms with van der Waals surface area (Å²) in [5.41, 5.74) is 0.399. The number of nitrogens with one attached hydrogen (secondary N) is 2. The minimum atomic E-state index is -0.375. The predicted molar refractivity (Wildman–Crippen MR) is 82.5 cm³/mol. The number of hydrogen-bond acceptors (Lipinski definition) is 2. The van der Waals surface area contributed by atoms with Gasteiger partial charge in [0.25, 0.3) is 11.5 Å². The van der Waals surface area contributed by atoms with Gasteiger partial charge in [-0.1, -0.05) is 51.6 Å². The van der Waals surface area contributed by atoms with E-state index in [1.807, 2.05) is 6.92 Å². The van der Waals surface area contributed by atoms with Crippen molar-refractivity contribution >= 4 is 17.5 Å². The fourth-order valence-corrected chi connectivity index (χ4v) is 2.30. The molecule has 1 aromatic heterocycles. The highest BCUT2D eigenvalue weighted by Gasteiger charge is 2.14. The van der Waals surface area contributed by atoms with Crippen molar-refractivity contribution in [3.05, 3.63) is 32.7 Å². The Labute approximate surface area is 124 Å². The van der Waals surface area contributed by atoms with E-state index < -0.39 is 0 Å². The smallest absolute Gasteiger partial charge is 0.261 e. The van der Waals surface area contributed by atoms with E-state index in [-0.39, 0.29) is 17.0 Å². The second-order valence-corrected chi connectivity index (χ2v) is 5.39. The Hall–Kier alpha value is -1.29. The van der Waals surface area contributed by atoms with Gasteiger partial charge in [-0.25, -0.2) is 0 Å². The molecule has 0 spiro atoms. The molecule has 0 unspecified atom stereocenters. The molecule has 2 N–H and O–H groups in total. The van der Waals surface area contributed by atoms with Crippen molar-refractivity contribution in [1.29, 1.82) is 0 Å². The van der Waals surface area contributed by atoms with Crippen LogP contribution in [-0.2, 0) is 6.42 Å². The first-order valence-electron chi connectivity index (χ1n) is 7.23. The van der Waals surface area contributed by atoms with E-state index in [0.29, 0.717) is 29.6 Å².